The van der Waals surface area contributed by atoms with E-state index in [4.69, 9.17) is 4.74 Å². The summed E-state index contributed by atoms with van der Waals surface area (Å²) in [6, 6.07) is 3.30. The van der Waals surface area contributed by atoms with E-state index in [0.29, 0.717) is 30.9 Å². The smallest absolute Gasteiger partial charge is 0.417 e. The number of likely N-dealkylation sites (tertiary alicyclic amines) is 1. The first-order chi connectivity index (χ1) is 16.2. The highest BCUT2D eigenvalue weighted by atomic mass is 19.4. The lowest BCUT2D eigenvalue weighted by atomic mass is 9.98. The van der Waals surface area contributed by atoms with Gasteiger partial charge in [-0.2, -0.15) is 13.2 Å². The number of amides is 1. The van der Waals surface area contributed by atoms with E-state index >= 15 is 0 Å². The summed E-state index contributed by atoms with van der Waals surface area (Å²) in [7, 11) is 1.86. The second-order valence-electron chi connectivity index (χ2n) is 8.42. The Morgan fingerprint density at radius 3 is 2.56 bits per heavy atom. The number of halogens is 3. The molecule has 34 heavy (non-hydrogen) atoms. The molecule has 2 aliphatic heterocycles. The number of hydrogen-bond acceptors (Lipinski definition) is 6. The minimum absolute atomic E-state index is 0.0930. The highest BCUT2D eigenvalue weighted by Crippen LogP contribution is 2.31. The van der Waals surface area contributed by atoms with Crippen molar-refractivity contribution in [2.24, 2.45) is 0 Å². The molecule has 1 saturated heterocycles. The summed E-state index contributed by atoms with van der Waals surface area (Å²) in [5.41, 5.74) is 0.822. The largest absolute Gasteiger partial charge is 0.472 e. The van der Waals surface area contributed by atoms with Gasteiger partial charge in [-0.3, -0.25) is 4.79 Å². The molecule has 1 fully saturated rings. The van der Waals surface area contributed by atoms with Crippen molar-refractivity contribution < 1.29 is 22.7 Å². The van der Waals surface area contributed by atoms with Crippen LogP contribution >= 0.6 is 0 Å². The molecule has 1 amide bonds. The van der Waals surface area contributed by atoms with Crippen molar-refractivity contribution in [2.45, 2.75) is 44.5 Å². The zero-order chi connectivity index (χ0) is 24.3. The van der Waals surface area contributed by atoms with E-state index in [1.807, 2.05) is 31.0 Å². The molecule has 2 aliphatic rings. The van der Waals surface area contributed by atoms with Crippen LogP contribution in [0.1, 0.15) is 37.6 Å². The van der Waals surface area contributed by atoms with Crippen molar-refractivity contribution in [1.82, 2.24) is 24.8 Å². The third-order valence-corrected chi connectivity index (χ3v) is 6.09. The number of nitrogens with zero attached hydrogens (tertiary/aromatic N) is 5. The summed E-state index contributed by atoms with van der Waals surface area (Å²) in [6.45, 7) is 2.82. The molecule has 180 valence electrons. The summed E-state index contributed by atoms with van der Waals surface area (Å²) < 4.78 is 44.3. The molecule has 2 aromatic heterocycles. The first-order valence-electron chi connectivity index (χ1n) is 11.1. The predicted molar refractivity (Wildman–Crippen MR) is 119 cm³/mol. The van der Waals surface area contributed by atoms with Gasteiger partial charge < -0.3 is 14.5 Å². The summed E-state index contributed by atoms with van der Waals surface area (Å²) in [5, 5.41) is 0. The van der Waals surface area contributed by atoms with Crippen molar-refractivity contribution in [3.63, 3.8) is 0 Å². The second-order valence-corrected chi connectivity index (χ2v) is 8.42. The SMILES string of the molecule is CC1=CC=C(c2ncccn2)C(C(=O)N2CCCCC(Oc3ccc(C(F)(F)F)cn3)C2)N1C. The highest BCUT2D eigenvalue weighted by molar-refractivity contribution is 5.96. The number of rotatable bonds is 4. The van der Waals surface area contributed by atoms with Crippen molar-refractivity contribution in [1.29, 1.82) is 0 Å². The Kier molecular flexibility index (Phi) is 6.85. The van der Waals surface area contributed by atoms with Crippen LogP contribution in [0.5, 0.6) is 5.88 Å². The number of pyridine rings is 1. The van der Waals surface area contributed by atoms with Crippen LogP contribution in [0, 0.1) is 0 Å². The fraction of sp³-hybridized carbons (Fsp3) is 0.417. The average Bonchev–Trinajstić information content (AvgIpc) is 3.06. The zero-order valence-electron chi connectivity index (χ0n) is 19.0. The van der Waals surface area contributed by atoms with Crippen molar-refractivity contribution in [3.8, 4) is 5.88 Å². The molecule has 0 N–H and O–H groups in total. The molecule has 2 unspecified atom stereocenters. The fourth-order valence-corrected chi connectivity index (χ4v) is 4.14. The topological polar surface area (TPSA) is 71.5 Å². The van der Waals surface area contributed by atoms with E-state index in [-0.39, 0.29) is 17.9 Å². The van der Waals surface area contributed by atoms with Gasteiger partial charge in [-0.05, 0) is 44.4 Å². The molecular weight excluding hydrogens is 447 g/mol. The van der Waals surface area contributed by atoms with Crippen molar-refractivity contribution in [3.05, 3.63) is 66.0 Å². The van der Waals surface area contributed by atoms with Gasteiger partial charge in [0.2, 0.25) is 11.8 Å². The summed E-state index contributed by atoms with van der Waals surface area (Å²) >= 11 is 0. The quantitative estimate of drug-likeness (QED) is 0.670. The Hall–Kier alpha value is -3.43. The van der Waals surface area contributed by atoms with Gasteiger partial charge >= 0.3 is 6.18 Å². The van der Waals surface area contributed by atoms with Gasteiger partial charge in [0, 0.05) is 49.5 Å². The molecule has 4 heterocycles. The monoisotopic (exact) mass is 473 g/mol. The van der Waals surface area contributed by atoms with Gasteiger partial charge in [0.1, 0.15) is 12.1 Å². The third-order valence-electron chi connectivity index (χ3n) is 6.09. The average molecular weight is 473 g/mol. The van der Waals surface area contributed by atoms with Gasteiger partial charge in [-0.1, -0.05) is 6.08 Å². The van der Waals surface area contributed by atoms with E-state index in [0.717, 1.165) is 30.8 Å². The van der Waals surface area contributed by atoms with Crippen molar-refractivity contribution >= 4 is 11.5 Å². The minimum Gasteiger partial charge on any atom is -0.472 e. The van der Waals surface area contributed by atoms with Crippen LogP contribution in [0.3, 0.4) is 0 Å². The van der Waals surface area contributed by atoms with Gasteiger partial charge in [-0.25, -0.2) is 15.0 Å². The number of hydrogen-bond donors (Lipinski definition) is 0. The van der Waals surface area contributed by atoms with Crippen molar-refractivity contribution in [2.75, 3.05) is 20.1 Å². The zero-order valence-corrected chi connectivity index (χ0v) is 19.0. The van der Waals surface area contributed by atoms with Crippen LogP contribution in [0.2, 0.25) is 0 Å². The van der Waals surface area contributed by atoms with Crippen LogP contribution in [-0.4, -0.2) is 62.9 Å². The predicted octanol–water partition coefficient (Wildman–Crippen LogP) is 3.95. The Balaban J connectivity index is 1.52. The third kappa shape index (κ3) is 5.21. The fourth-order valence-electron chi connectivity index (χ4n) is 4.14. The number of carbonyl (C=O) groups excluding carboxylic acids is 1. The number of likely N-dealkylation sites (N-methyl/N-ethyl adjacent to an activating group) is 1. The lowest BCUT2D eigenvalue weighted by Crippen LogP contribution is -2.50. The molecule has 7 nitrogen and oxygen atoms in total. The highest BCUT2D eigenvalue weighted by Gasteiger charge is 2.36. The van der Waals surface area contributed by atoms with E-state index in [2.05, 4.69) is 15.0 Å². The maximum Gasteiger partial charge on any atom is 0.417 e. The maximum atomic E-state index is 13.8. The normalized spacial score (nSPS) is 21.4. The molecule has 0 radical (unpaired) electrons. The first kappa shape index (κ1) is 23.7. The minimum atomic E-state index is -4.46. The second kappa shape index (κ2) is 9.82. The Labute approximate surface area is 196 Å². The molecule has 0 aromatic carbocycles. The van der Waals surface area contributed by atoms with E-state index in [1.54, 1.807) is 23.4 Å². The Bertz CT molecular complexity index is 1070. The molecule has 0 bridgehead atoms. The lowest BCUT2D eigenvalue weighted by molar-refractivity contribution is -0.138. The molecule has 0 spiro atoms. The lowest BCUT2D eigenvalue weighted by Gasteiger charge is -2.37. The number of carbonyl (C=O) groups is 1. The Morgan fingerprint density at radius 2 is 1.88 bits per heavy atom. The summed E-state index contributed by atoms with van der Waals surface area (Å²) in [5.74, 6) is 0.511. The molecule has 0 saturated carbocycles. The first-order valence-corrected chi connectivity index (χ1v) is 11.1. The number of alkyl halides is 3. The molecule has 2 aromatic rings. The van der Waals surface area contributed by atoms with E-state index < -0.39 is 17.8 Å². The van der Waals surface area contributed by atoms with Gasteiger partial charge in [0.05, 0.1) is 12.1 Å². The molecule has 4 rings (SSSR count). The van der Waals surface area contributed by atoms with E-state index in [1.165, 1.54) is 6.07 Å². The van der Waals surface area contributed by atoms with Gasteiger partial charge in [0.15, 0.2) is 5.82 Å². The van der Waals surface area contributed by atoms with Crippen LogP contribution < -0.4 is 4.74 Å². The van der Waals surface area contributed by atoms with E-state index in [9.17, 15) is 18.0 Å². The number of aromatic nitrogens is 3. The maximum absolute atomic E-state index is 13.8. The Morgan fingerprint density at radius 1 is 1.12 bits per heavy atom. The summed E-state index contributed by atoms with van der Waals surface area (Å²) in [6.07, 6.45) is 5.34. The molecule has 0 aliphatic carbocycles. The van der Waals surface area contributed by atoms with Crippen LogP contribution in [0.4, 0.5) is 13.2 Å². The van der Waals surface area contributed by atoms with Crippen LogP contribution in [-0.2, 0) is 11.0 Å². The van der Waals surface area contributed by atoms with Crippen LogP contribution in [0.25, 0.3) is 5.57 Å². The van der Waals surface area contributed by atoms with Gasteiger partial charge in [0.25, 0.3) is 0 Å². The molecular formula is C24H26F3N5O2. The van der Waals surface area contributed by atoms with Crippen LogP contribution in [0.15, 0.2) is 54.6 Å². The number of ether oxygens (including phenoxy) is 1. The summed E-state index contributed by atoms with van der Waals surface area (Å²) in [4.78, 5) is 29.9. The molecule has 2 atom stereocenters. The standard InChI is InChI=1S/C24H26F3N5O2/c1-16-7-9-19(22-28-11-5-12-29-22)21(31(16)2)23(33)32-13-4-3-6-18(15-32)34-20-10-8-17(14-30-20)24(25,26)27/h5,7-12,14,18,21H,3-4,6,13,15H2,1-2H3. The number of allylic oxidation sites excluding steroid dienone is 3. The molecule has 10 heteroatoms. The van der Waals surface area contributed by atoms with Gasteiger partial charge in [-0.15, -0.1) is 0 Å².